The highest BCUT2D eigenvalue weighted by molar-refractivity contribution is 6.15. The Balaban J connectivity index is 1.07. The number of nitrogens with zero attached hydrogens (tertiary/aromatic N) is 3. The summed E-state index contributed by atoms with van der Waals surface area (Å²) >= 11 is 0. The van der Waals surface area contributed by atoms with Gasteiger partial charge in [-0.25, -0.2) is 0 Å². The summed E-state index contributed by atoms with van der Waals surface area (Å²) in [6.45, 7) is 0. The summed E-state index contributed by atoms with van der Waals surface area (Å²) in [6.07, 6.45) is 0. The van der Waals surface area contributed by atoms with E-state index in [0.29, 0.717) is 0 Å². The van der Waals surface area contributed by atoms with E-state index >= 15 is 0 Å². The standard InChI is InChI=1S/C56H37N3/c1-3-17-39(18-4-1)57(54-35-36-55(47-24-10-9-23-46(47)54)59-51-29-15-12-25-44(51)45-26-13-16-30-52(45)59)53-34-33-41(42-21-7-8-22-43(42)53)38-31-32-49-48-27-11-14-28-50(48)58(56(49)37-38)40-19-5-2-6-20-40/h1-37H. The van der Waals surface area contributed by atoms with Crippen molar-refractivity contribution in [2.45, 2.75) is 0 Å². The Morgan fingerprint density at radius 2 is 0.746 bits per heavy atom. The summed E-state index contributed by atoms with van der Waals surface area (Å²) in [6, 6.07) is 81.7. The Morgan fingerprint density at radius 3 is 1.37 bits per heavy atom. The predicted octanol–water partition coefficient (Wildman–Crippen LogP) is 15.3. The first-order valence-corrected chi connectivity index (χ1v) is 20.3. The molecule has 12 rings (SSSR count). The van der Waals surface area contributed by atoms with Crippen LogP contribution in [0.5, 0.6) is 0 Å². The van der Waals surface area contributed by atoms with Crippen LogP contribution in [0.15, 0.2) is 224 Å². The molecule has 0 N–H and O–H groups in total. The van der Waals surface area contributed by atoms with E-state index < -0.39 is 0 Å². The van der Waals surface area contributed by atoms with Crippen LogP contribution in [-0.4, -0.2) is 9.13 Å². The topological polar surface area (TPSA) is 13.1 Å². The van der Waals surface area contributed by atoms with Crippen molar-refractivity contribution >= 4 is 82.2 Å². The SMILES string of the molecule is c1ccc(N(c2ccc(-c3ccc4c5ccccc5n(-c5ccccc5)c4c3)c3ccccc23)c2ccc(-n3c4ccccc4c4ccccc43)c3ccccc23)cc1. The molecule has 10 aromatic carbocycles. The third-order valence-corrected chi connectivity index (χ3v) is 12.1. The van der Waals surface area contributed by atoms with Gasteiger partial charge in [0.15, 0.2) is 0 Å². The molecule has 0 aliphatic heterocycles. The number of para-hydroxylation sites is 5. The molecule has 0 aliphatic carbocycles. The van der Waals surface area contributed by atoms with Gasteiger partial charge in [-0.1, -0.05) is 158 Å². The fraction of sp³-hybridized carbons (Fsp3) is 0. The van der Waals surface area contributed by atoms with Crippen molar-refractivity contribution in [1.82, 2.24) is 9.13 Å². The number of aromatic nitrogens is 2. The highest BCUT2D eigenvalue weighted by Gasteiger charge is 2.22. The van der Waals surface area contributed by atoms with Crippen molar-refractivity contribution in [1.29, 1.82) is 0 Å². The van der Waals surface area contributed by atoms with Gasteiger partial charge in [0.2, 0.25) is 0 Å². The Labute approximate surface area is 341 Å². The maximum atomic E-state index is 2.45. The van der Waals surface area contributed by atoms with Crippen molar-refractivity contribution in [3.05, 3.63) is 224 Å². The summed E-state index contributed by atoms with van der Waals surface area (Å²) in [5, 5.41) is 9.80. The number of hydrogen-bond acceptors (Lipinski definition) is 1. The minimum absolute atomic E-state index is 1.11. The van der Waals surface area contributed by atoms with Crippen LogP contribution in [0.2, 0.25) is 0 Å². The van der Waals surface area contributed by atoms with Crippen LogP contribution in [-0.2, 0) is 0 Å². The van der Waals surface area contributed by atoms with Crippen molar-refractivity contribution in [2.75, 3.05) is 4.90 Å². The Morgan fingerprint density at radius 1 is 0.288 bits per heavy atom. The van der Waals surface area contributed by atoms with E-state index in [2.05, 4.69) is 238 Å². The molecule has 12 aromatic rings. The molecule has 0 bridgehead atoms. The molecule has 59 heavy (non-hydrogen) atoms. The van der Waals surface area contributed by atoms with Gasteiger partial charge in [-0.3, -0.25) is 0 Å². The lowest BCUT2D eigenvalue weighted by atomic mass is 9.95. The molecule has 0 atom stereocenters. The average molecular weight is 752 g/mol. The first-order valence-electron chi connectivity index (χ1n) is 20.3. The molecule has 0 saturated carbocycles. The van der Waals surface area contributed by atoms with E-state index in [1.165, 1.54) is 82.0 Å². The highest BCUT2D eigenvalue weighted by Crippen LogP contribution is 2.46. The fourth-order valence-corrected chi connectivity index (χ4v) is 9.55. The van der Waals surface area contributed by atoms with Gasteiger partial charge < -0.3 is 14.0 Å². The molecule has 0 unspecified atom stereocenters. The molecule has 276 valence electrons. The third kappa shape index (κ3) is 5.15. The van der Waals surface area contributed by atoms with E-state index in [0.717, 1.165) is 22.7 Å². The Hall–Kier alpha value is -7.88. The molecule has 0 saturated heterocycles. The zero-order valence-corrected chi connectivity index (χ0v) is 32.2. The van der Waals surface area contributed by atoms with Crippen LogP contribution >= 0.6 is 0 Å². The predicted molar refractivity (Wildman–Crippen MR) is 250 cm³/mol. The Bertz CT molecular complexity index is 3500. The van der Waals surface area contributed by atoms with Crippen LogP contribution < -0.4 is 4.90 Å². The summed E-state index contributed by atoms with van der Waals surface area (Å²) in [7, 11) is 0. The second-order valence-corrected chi connectivity index (χ2v) is 15.3. The van der Waals surface area contributed by atoms with Crippen LogP contribution in [0.1, 0.15) is 0 Å². The van der Waals surface area contributed by atoms with Gasteiger partial charge in [0.1, 0.15) is 0 Å². The van der Waals surface area contributed by atoms with Crippen molar-refractivity contribution in [3.63, 3.8) is 0 Å². The zero-order valence-electron chi connectivity index (χ0n) is 32.2. The van der Waals surface area contributed by atoms with Gasteiger partial charge in [0, 0.05) is 49.1 Å². The lowest BCUT2D eigenvalue weighted by molar-refractivity contribution is 1.18. The first-order chi connectivity index (χ1) is 29.3. The van der Waals surface area contributed by atoms with Crippen LogP contribution in [0.4, 0.5) is 17.1 Å². The van der Waals surface area contributed by atoms with E-state index in [-0.39, 0.29) is 0 Å². The van der Waals surface area contributed by atoms with Gasteiger partial charge in [0.25, 0.3) is 0 Å². The van der Waals surface area contributed by atoms with Gasteiger partial charge >= 0.3 is 0 Å². The second kappa shape index (κ2) is 13.4. The summed E-state index contributed by atoms with van der Waals surface area (Å²) in [4.78, 5) is 2.45. The zero-order chi connectivity index (χ0) is 38.9. The third-order valence-electron chi connectivity index (χ3n) is 12.1. The number of benzene rings is 10. The fourth-order valence-electron chi connectivity index (χ4n) is 9.55. The van der Waals surface area contributed by atoms with E-state index in [4.69, 9.17) is 0 Å². The molecular formula is C56H37N3. The molecule has 0 radical (unpaired) electrons. The number of anilines is 3. The molecule has 3 heteroatoms. The summed E-state index contributed by atoms with van der Waals surface area (Å²) < 4.78 is 4.83. The van der Waals surface area contributed by atoms with Crippen molar-refractivity contribution in [2.24, 2.45) is 0 Å². The molecule has 0 aliphatic rings. The first kappa shape index (κ1) is 33.3. The quantitative estimate of drug-likeness (QED) is 0.165. The van der Waals surface area contributed by atoms with Gasteiger partial charge in [-0.15, -0.1) is 0 Å². The number of fused-ring (bicyclic) bond motifs is 8. The molecule has 0 fully saturated rings. The average Bonchev–Trinajstić information content (AvgIpc) is 3.82. The van der Waals surface area contributed by atoms with Gasteiger partial charge in [-0.05, 0) is 83.2 Å². The van der Waals surface area contributed by atoms with E-state index in [1.807, 2.05) is 0 Å². The molecule has 0 spiro atoms. The number of rotatable bonds is 6. The maximum absolute atomic E-state index is 2.45. The molecular weight excluding hydrogens is 715 g/mol. The molecule has 0 amide bonds. The van der Waals surface area contributed by atoms with Crippen LogP contribution in [0.25, 0.3) is 87.7 Å². The normalized spacial score (nSPS) is 11.7. The second-order valence-electron chi connectivity index (χ2n) is 15.3. The summed E-state index contributed by atoms with van der Waals surface area (Å²) in [5.74, 6) is 0. The molecule has 2 aromatic heterocycles. The van der Waals surface area contributed by atoms with E-state index in [9.17, 15) is 0 Å². The Kier molecular flexibility index (Phi) is 7.54. The highest BCUT2D eigenvalue weighted by atomic mass is 15.1. The monoisotopic (exact) mass is 751 g/mol. The number of hydrogen-bond donors (Lipinski definition) is 0. The maximum Gasteiger partial charge on any atom is 0.0547 e. The largest absolute Gasteiger partial charge is 0.309 e. The molecule has 2 heterocycles. The van der Waals surface area contributed by atoms with Gasteiger partial charge in [-0.2, -0.15) is 0 Å². The lowest BCUT2D eigenvalue weighted by Crippen LogP contribution is -2.11. The lowest BCUT2D eigenvalue weighted by Gasteiger charge is -2.29. The molecule has 3 nitrogen and oxygen atoms in total. The van der Waals surface area contributed by atoms with Crippen LogP contribution in [0, 0.1) is 0 Å². The van der Waals surface area contributed by atoms with Crippen molar-refractivity contribution < 1.29 is 0 Å². The summed E-state index contributed by atoms with van der Waals surface area (Å²) in [5.41, 5.74) is 12.9. The smallest absolute Gasteiger partial charge is 0.0547 e. The minimum atomic E-state index is 1.11. The van der Waals surface area contributed by atoms with Gasteiger partial charge in [0.05, 0.1) is 39.1 Å². The van der Waals surface area contributed by atoms with Crippen molar-refractivity contribution in [3.8, 4) is 22.5 Å². The van der Waals surface area contributed by atoms with E-state index in [1.54, 1.807) is 0 Å². The van der Waals surface area contributed by atoms with Crippen LogP contribution in [0.3, 0.4) is 0 Å². The minimum Gasteiger partial charge on any atom is -0.309 e.